The molecule has 0 atom stereocenters. The SMILES string of the molecule is Cc1ccc(S(=O)(=O)Nc2ccc(C(C)(C)C)cc2C(C)(C)C)cc1. The van der Waals surface area contributed by atoms with Crippen molar-refractivity contribution in [3.05, 3.63) is 59.2 Å². The fourth-order valence-corrected chi connectivity index (χ4v) is 3.72. The monoisotopic (exact) mass is 359 g/mol. The van der Waals surface area contributed by atoms with Crippen LogP contribution in [0, 0.1) is 6.92 Å². The van der Waals surface area contributed by atoms with Crippen LogP contribution in [0.25, 0.3) is 0 Å². The molecule has 0 saturated heterocycles. The normalized spacial score (nSPS) is 12.9. The molecule has 3 nitrogen and oxygen atoms in total. The fraction of sp³-hybridized carbons (Fsp3) is 0.429. The van der Waals surface area contributed by atoms with Gasteiger partial charge < -0.3 is 0 Å². The predicted octanol–water partition coefficient (Wildman–Crippen LogP) is 5.39. The minimum Gasteiger partial charge on any atom is -0.279 e. The van der Waals surface area contributed by atoms with Gasteiger partial charge in [-0.3, -0.25) is 4.72 Å². The van der Waals surface area contributed by atoms with Crippen molar-refractivity contribution in [1.29, 1.82) is 0 Å². The first-order valence-electron chi connectivity index (χ1n) is 8.55. The van der Waals surface area contributed by atoms with Crippen molar-refractivity contribution in [3.63, 3.8) is 0 Å². The van der Waals surface area contributed by atoms with E-state index in [4.69, 9.17) is 0 Å². The molecule has 0 aromatic heterocycles. The molecule has 0 amide bonds. The van der Waals surface area contributed by atoms with Gasteiger partial charge in [0, 0.05) is 0 Å². The van der Waals surface area contributed by atoms with Crippen molar-refractivity contribution < 1.29 is 8.42 Å². The van der Waals surface area contributed by atoms with Crippen LogP contribution in [0.1, 0.15) is 58.2 Å². The van der Waals surface area contributed by atoms with Crippen molar-refractivity contribution in [1.82, 2.24) is 0 Å². The van der Waals surface area contributed by atoms with Crippen LogP contribution in [-0.2, 0) is 20.9 Å². The third-order valence-corrected chi connectivity index (χ3v) is 5.65. The van der Waals surface area contributed by atoms with Gasteiger partial charge in [0.2, 0.25) is 0 Å². The minimum absolute atomic E-state index is 0.00830. The molecule has 4 heteroatoms. The van der Waals surface area contributed by atoms with Crippen LogP contribution in [0.3, 0.4) is 0 Å². The van der Waals surface area contributed by atoms with Gasteiger partial charge in [-0.25, -0.2) is 8.42 Å². The molecular weight excluding hydrogens is 330 g/mol. The first-order chi connectivity index (χ1) is 11.3. The van der Waals surface area contributed by atoms with E-state index in [9.17, 15) is 8.42 Å². The van der Waals surface area contributed by atoms with E-state index in [1.807, 2.05) is 31.2 Å². The number of anilines is 1. The van der Waals surface area contributed by atoms with E-state index >= 15 is 0 Å². The van der Waals surface area contributed by atoms with E-state index in [2.05, 4.69) is 52.3 Å². The molecule has 25 heavy (non-hydrogen) atoms. The zero-order valence-corrected chi connectivity index (χ0v) is 17.1. The molecule has 0 aliphatic rings. The molecule has 0 spiro atoms. The van der Waals surface area contributed by atoms with Gasteiger partial charge in [-0.1, -0.05) is 71.4 Å². The minimum atomic E-state index is -3.61. The van der Waals surface area contributed by atoms with Crippen molar-refractivity contribution in [2.45, 2.75) is 64.2 Å². The van der Waals surface area contributed by atoms with Gasteiger partial charge in [0.15, 0.2) is 0 Å². The van der Waals surface area contributed by atoms with Gasteiger partial charge in [0.05, 0.1) is 10.6 Å². The van der Waals surface area contributed by atoms with Crippen LogP contribution in [0.5, 0.6) is 0 Å². The van der Waals surface area contributed by atoms with Crippen molar-refractivity contribution in [3.8, 4) is 0 Å². The molecule has 0 saturated carbocycles. The Morgan fingerprint density at radius 3 is 1.84 bits per heavy atom. The molecule has 0 bridgehead atoms. The summed E-state index contributed by atoms with van der Waals surface area (Å²) in [6.07, 6.45) is 0. The molecule has 0 radical (unpaired) electrons. The maximum atomic E-state index is 12.8. The van der Waals surface area contributed by atoms with Crippen LogP contribution in [0.2, 0.25) is 0 Å². The quantitative estimate of drug-likeness (QED) is 0.798. The van der Waals surface area contributed by atoms with Gasteiger partial charge in [0.1, 0.15) is 0 Å². The second-order valence-electron chi connectivity index (χ2n) is 8.68. The summed E-state index contributed by atoms with van der Waals surface area (Å²) < 4.78 is 28.3. The van der Waals surface area contributed by atoms with Crippen LogP contribution >= 0.6 is 0 Å². The molecule has 0 unspecified atom stereocenters. The lowest BCUT2D eigenvalue weighted by molar-refractivity contribution is 0.569. The molecule has 0 fully saturated rings. The molecule has 136 valence electrons. The van der Waals surface area contributed by atoms with E-state index < -0.39 is 10.0 Å². The number of sulfonamides is 1. The average Bonchev–Trinajstić information content (AvgIpc) is 2.45. The Morgan fingerprint density at radius 2 is 1.36 bits per heavy atom. The molecule has 2 aromatic carbocycles. The maximum absolute atomic E-state index is 12.8. The number of hydrogen-bond acceptors (Lipinski definition) is 2. The van der Waals surface area contributed by atoms with E-state index in [-0.39, 0.29) is 15.7 Å². The van der Waals surface area contributed by atoms with Crippen molar-refractivity contribution in [2.24, 2.45) is 0 Å². The number of rotatable bonds is 3. The van der Waals surface area contributed by atoms with Gasteiger partial charge in [-0.15, -0.1) is 0 Å². The maximum Gasteiger partial charge on any atom is 0.261 e. The third-order valence-electron chi connectivity index (χ3n) is 4.27. The highest BCUT2D eigenvalue weighted by atomic mass is 32.2. The topological polar surface area (TPSA) is 46.2 Å². The molecule has 0 aliphatic carbocycles. The number of nitrogens with one attached hydrogen (secondary N) is 1. The Balaban J connectivity index is 2.50. The summed E-state index contributed by atoms with van der Waals surface area (Å²) in [6.45, 7) is 14.7. The van der Waals surface area contributed by atoms with Crippen LogP contribution < -0.4 is 4.72 Å². The van der Waals surface area contributed by atoms with Gasteiger partial charge >= 0.3 is 0 Å². The first-order valence-corrected chi connectivity index (χ1v) is 10.0. The lowest BCUT2D eigenvalue weighted by Crippen LogP contribution is -2.21. The predicted molar refractivity (Wildman–Crippen MR) is 106 cm³/mol. The van der Waals surface area contributed by atoms with Gasteiger partial charge in [0.25, 0.3) is 10.0 Å². The van der Waals surface area contributed by atoms with E-state index in [0.29, 0.717) is 5.69 Å². The molecule has 0 aliphatic heterocycles. The second-order valence-corrected chi connectivity index (χ2v) is 10.4. The van der Waals surface area contributed by atoms with Gasteiger partial charge in [-0.05, 0) is 47.1 Å². The summed E-state index contributed by atoms with van der Waals surface area (Å²) >= 11 is 0. The largest absolute Gasteiger partial charge is 0.279 e. The Hall–Kier alpha value is -1.81. The molecule has 0 heterocycles. The highest BCUT2D eigenvalue weighted by Gasteiger charge is 2.24. The van der Waals surface area contributed by atoms with Crippen LogP contribution in [0.4, 0.5) is 5.69 Å². The first kappa shape index (κ1) is 19.5. The smallest absolute Gasteiger partial charge is 0.261 e. The summed E-state index contributed by atoms with van der Waals surface area (Å²) in [5.41, 5.74) is 3.69. The van der Waals surface area contributed by atoms with Crippen molar-refractivity contribution >= 4 is 15.7 Å². The van der Waals surface area contributed by atoms with E-state index in [1.54, 1.807) is 12.1 Å². The van der Waals surface area contributed by atoms with Crippen molar-refractivity contribution in [2.75, 3.05) is 4.72 Å². The summed E-state index contributed by atoms with van der Waals surface area (Å²) in [5, 5.41) is 0. The third kappa shape index (κ3) is 4.63. The Morgan fingerprint density at radius 1 is 0.800 bits per heavy atom. The van der Waals surface area contributed by atoms with Crippen LogP contribution in [-0.4, -0.2) is 8.42 Å². The summed E-state index contributed by atoms with van der Waals surface area (Å²) in [7, 11) is -3.61. The Kier molecular flexibility index (Phi) is 5.06. The number of hydrogen-bond donors (Lipinski definition) is 1. The molecule has 2 rings (SSSR count). The summed E-state index contributed by atoms with van der Waals surface area (Å²) in [6, 6.07) is 12.9. The number of benzene rings is 2. The molecule has 2 aromatic rings. The van der Waals surface area contributed by atoms with E-state index in [0.717, 1.165) is 11.1 Å². The zero-order chi connectivity index (χ0) is 19.0. The Labute approximate surface area is 152 Å². The second kappa shape index (κ2) is 6.49. The highest BCUT2D eigenvalue weighted by molar-refractivity contribution is 7.92. The fourth-order valence-electron chi connectivity index (χ4n) is 2.64. The lowest BCUT2D eigenvalue weighted by atomic mass is 9.80. The Bertz CT molecular complexity index is 852. The lowest BCUT2D eigenvalue weighted by Gasteiger charge is -2.27. The molecular formula is C21H29NO2S. The summed E-state index contributed by atoms with van der Waals surface area (Å²) in [4.78, 5) is 0.276. The highest BCUT2D eigenvalue weighted by Crippen LogP contribution is 2.35. The standard InChI is InChI=1S/C21H29NO2S/c1-15-8-11-17(12-9-15)25(23,24)22-19-13-10-16(20(2,3)4)14-18(19)21(5,6)7/h8-14,22H,1-7H3. The summed E-state index contributed by atoms with van der Waals surface area (Å²) in [5.74, 6) is 0. The van der Waals surface area contributed by atoms with Gasteiger partial charge in [-0.2, -0.15) is 0 Å². The molecule has 1 N–H and O–H groups in total. The van der Waals surface area contributed by atoms with E-state index in [1.165, 1.54) is 5.56 Å². The average molecular weight is 360 g/mol. The number of aryl methyl sites for hydroxylation is 1. The zero-order valence-electron chi connectivity index (χ0n) is 16.3. The van der Waals surface area contributed by atoms with Crippen LogP contribution in [0.15, 0.2) is 47.4 Å².